The van der Waals surface area contributed by atoms with Crippen molar-refractivity contribution in [3.05, 3.63) is 11.6 Å². The summed E-state index contributed by atoms with van der Waals surface area (Å²) in [5.74, 6) is 0. The number of rotatable bonds is 7. The Morgan fingerprint density at radius 3 is 2.62 bits per heavy atom. The second-order valence-corrected chi connectivity index (χ2v) is 4.97. The zero-order valence-corrected chi connectivity index (χ0v) is 10.9. The second kappa shape index (κ2) is 7.08. The first-order valence-electron chi connectivity index (χ1n) is 6.81. The molecule has 2 N–H and O–H groups in total. The maximum absolute atomic E-state index is 10.1. The normalized spacial score (nSPS) is 17.3. The molecule has 0 radical (unpaired) electrons. The third-order valence-electron chi connectivity index (χ3n) is 3.78. The molecular weight excluding hydrogens is 198 g/mol. The van der Waals surface area contributed by atoms with E-state index in [2.05, 4.69) is 25.2 Å². The van der Waals surface area contributed by atoms with Gasteiger partial charge in [-0.25, -0.2) is 0 Å². The quantitative estimate of drug-likeness (QED) is 0.515. The van der Waals surface area contributed by atoms with Gasteiger partial charge in [-0.1, -0.05) is 25.5 Å². The zero-order valence-electron chi connectivity index (χ0n) is 10.9. The molecule has 16 heavy (non-hydrogen) atoms. The van der Waals surface area contributed by atoms with Crippen LogP contribution in [0.1, 0.15) is 58.8 Å². The summed E-state index contributed by atoms with van der Waals surface area (Å²) in [6.07, 6.45) is 10.5. The molecule has 1 rings (SSSR count). The van der Waals surface area contributed by atoms with E-state index in [-0.39, 0.29) is 0 Å². The molecule has 0 aromatic rings. The number of hydrogen-bond donors (Lipinski definition) is 2. The third-order valence-corrected chi connectivity index (χ3v) is 3.78. The molecule has 1 aliphatic carbocycles. The van der Waals surface area contributed by atoms with Gasteiger partial charge in [0.2, 0.25) is 0 Å². The highest BCUT2D eigenvalue weighted by Crippen LogP contribution is 2.19. The van der Waals surface area contributed by atoms with Crippen LogP contribution in [-0.4, -0.2) is 23.8 Å². The van der Waals surface area contributed by atoms with E-state index in [1.807, 2.05) is 0 Å². The topological polar surface area (TPSA) is 32.3 Å². The monoisotopic (exact) mass is 225 g/mol. The largest absolute Gasteiger partial charge is 0.389 e. The van der Waals surface area contributed by atoms with Crippen molar-refractivity contribution in [2.75, 3.05) is 13.1 Å². The minimum atomic E-state index is -0.499. The Balaban J connectivity index is 2.13. The van der Waals surface area contributed by atoms with Crippen molar-refractivity contribution in [2.45, 2.75) is 64.4 Å². The Morgan fingerprint density at radius 2 is 2.06 bits per heavy atom. The number of aliphatic hydroxyl groups is 1. The van der Waals surface area contributed by atoms with Gasteiger partial charge in [-0.05, 0) is 51.5 Å². The molecule has 0 saturated carbocycles. The lowest BCUT2D eigenvalue weighted by atomic mass is 9.96. The molecule has 0 bridgehead atoms. The van der Waals surface area contributed by atoms with E-state index in [9.17, 15) is 5.11 Å². The van der Waals surface area contributed by atoms with Gasteiger partial charge in [0.15, 0.2) is 0 Å². The Kier molecular flexibility index (Phi) is 6.07. The maximum atomic E-state index is 10.1. The van der Waals surface area contributed by atoms with E-state index in [0.717, 1.165) is 32.4 Å². The SMILES string of the molecule is CCC(O)(CC)CNCCC1=CCCCC1. The van der Waals surface area contributed by atoms with Crippen molar-refractivity contribution in [3.8, 4) is 0 Å². The summed E-state index contributed by atoms with van der Waals surface area (Å²) in [6, 6.07) is 0. The minimum absolute atomic E-state index is 0.499. The van der Waals surface area contributed by atoms with Crippen LogP contribution in [0, 0.1) is 0 Å². The van der Waals surface area contributed by atoms with Gasteiger partial charge < -0.3 is 10.4 Å². The fraction of sp³-hybridized carbons (Fsp3) is 0.857. The summed E-state index contributed by atoms with van der Waals surface area (Å²) in [5.41, 5.74) is 1.11. The van der Waals surface area contributed by atoms with Crippen molar-refractivity contribution in [2.24, 2.45) is 0 Å². The summed E-state index contributed by atoms with van der Waals surface area (Å²) < 4.78 is 0. The fourth-order valence-electron chi connectivity index (χ4n) is 2.20. The van der Waals surface area contributed by atoms with Gasteiger partial charge in [0, 0.05) is 6.54 Å². The molecule has 94 valence electrons. The molecule has 0 atom stereocenters. The van der Waals surface area contributed by atoms with Crippen LogP contribution in [0.3, 0.4) is 0 Å². The Bertz CT molecular complexity index is 219. The van der Waals surface area contributed by atoms with E-state index in [0.29, 0.717) is 0 Å². The second-order valence-electron chi connectivity index (χ2n) is 4.97. The Hall–Kier alpha value is -0.340. The lowest BCUT2D eigenvalue weighted by Crippen LogP contribution is -2.39. The lowest BCUT2D eigenvalue weighted by molar-refractivity contribution is 0.0328. The number of hydrogen-bond acceptors (Lipinski definition) is 2. The average Bonchev–Trinajstić information content (AvgIpc) is 2.36. The van der Waals surface area contributed by atoms with E-state index < -0.39 is 5.60 Å². The van der Waals surface area contributed by atoms with E-state index in [1.54, 1.807) is 5.57 Å². The smallest absolute Gasteiger partial charge is 0.0766 e. The zero-order chi connectivity index (χ0) is 11.9. The molecule has 0 fully saturated rings. The molecular formula is C14H27NO. The first-order valence-corrected chi connectivity index (χ1v) is 6.81. The van der Waals surface area contributed by atoms with Crippen molar-refractivity contribution >= 4 is 0 Å². The van der Waals surface area contributed by atoms with E-state index >= 15 is 0 Å². The van der Waals surface area contributed by atoms with Crippen LogP contribution < -0.4 is 5.32 Å². The van der Waals surface area contributed by atoms with Crippen LogP contribution in [0.15, 0.2) is 11.6 Å². The molecule has 0 amide bonds. The van der Waals surface area contributed by atoms with Crippen LogP contribution in [-0.2, 0) is 0 Å². The molecule has 0 saturated heterocycles. The van der Waals surface area contributed by atoms with E-state index in [1.165, 1.54) is 25.7 Å². The molecule has 0 aliphatic heterocycles. The predicted octanol–water partition coefficient (Wildman–Crippen LogP) is 3.02. The predicted molar refractivity (Wildman–Crippen MR) is 69.6 cm³/mol. The summed E-state index contributed by atoms with van der Waals surface area (Å²) in [6.45, 7) is 5.84. The van der Waals surface area contributed by atoms with E-state index in [4.69, 9.17) is 0 Å². The summed E-state index contributed by atoms with van der Waals surface area (Å²) in [7, 11) is 0. The van der Waals surface area contributed by atoms with Crippen molar-refractivity contribution in [1.29, 1.82) is 0 Å². The maximum Gasteiger partial charge on any atom is 0.0766 e. The van der Waals surface area contributed by atoms with Crippen molar-refractivity contribution in [3.63, 3.8) is 0 Å². The van der Waals surface area contributed by atoms with Gasteiger partial charge in [0.25, 0.3) is 0 Å². The average molecular weight is 225 g/mol. The summed E-state index contributed by atoms with van der Waals surface area (Å²) in [5, 5.41) is 13.5. The van der Waals surface area contributed by atoms with Crippen LogP contribution in [0.4, 0.5) is 0 Å². The molecule has 0 unspecified atom stereocenters. The van der Waals surface area contributed by atoms with Gasteiger partial charge in [0.1, 0.15) is 0 Å². The van der Waals surface area contributed by atoms with Gasteiger partial charge in [-0.2, -0.15) is 0 Å². The van der Waals surface area contributed by atoms with Crippen LogP contribution >= 0.6 is 0 Å². The summed E-state index contributed by atoms with van der Waals surface area (Å²) >= 11 is 0. The van der Waals surface area contributed by atoms with Gasteiger partial charge >= 0.3 is 0 Å². The first kappa shape index (κ1) is 13.7. The van der Waals surface area contributed by atoms with Crippen molar-refractivity contribution in [1.82, 2.24) is 5.32 Å². The summed E-state index contributed by atoms with van der Waals surface area (Å²) in [4.78, 5) is 0. The molecule has 0 heterocycles. The van der Waals surface area contributed by atoms with Crippen molar-refractivity contribution < 1.29 is 5.11 Å². The standard InChI is InChI=1S/C14H27NO/c1-3-14(16,4-2)12-15-11-10-13-8-6-5-7-9-13/h8,15-16H,3-7,9-12H2,1-2H3. The van der Waals surface area contributed by atoms with Crippen LogP contribution in [0.2, 0.25) is 0 Å². The molecule has 0 aromatic carbocycles. The molecule has 2 heteroatoms. The number of allylic oxidation sites excluding steroid dienone is 1. The minimum Gasteiger partial charge on any atom is -0.389 e. The van der Waals surface area contributed by atoms with Gasteiger partial charge in [-0.3, -0.25) is 0 Å². The molecule has 1 aliphatic rings. The first-order chi connectivity index (χ1) is 7.70. The van der Waals surface area contributed by atoms with Crippen LogP contribution in [0.5, 0.6) is 0 Å². The van der Waals surface area contributed by atoms with Gasteiger partial charge in [0.05, 0.1) is 5.60 Å². The molecule has 0 spiro atoms. The fourth-order valence-corrected chi connectivity index (χ4v) is 2.20. The highest BCUT2D eigenvalue weighted by atomic mass is 16.3. The van der Waals surface area contributed by atoms with Gasteiger partial charge in [-0.15, -0.1) is 0 Å². The van der Waals surface area contributed by atoms with Crippen LogP contribution in [0.25, 0.3) is 0 Å². The Morgan fingerprint density at radius 1 is 1.31 bits per heavy atom. The highest BCUT2D eigenvalue weighted by Gasteiger charge is 2.20. The highest BCUT2D eigenvalue weighted by molar-refractivity contribution is 5.05. The third kappa shape index (κ3) is 4.67. The number of nitrogens with one attached hydrogen (secondary N) is 1. The Labute approximate surface area is 100 Å². The molecule has 2 nitrogen and oxygen atoms in total. The lowest BCUT2D eigenvalue weighted by Gasteiger charge is -2.25. The molecule has 0 aromatic heterocycles.